The van der Waals surface area contributed by atoms with E-state index in [1.54, 1.807) is 7.05 Å². The molecule has 0 fully saturated rings. The van der Waals surface area contributed by atoms with Crippen LogP contribution in [0.3, 0.4) is 0 Å². The van der Waals surface area contributed by atoms with Gasteiger partial charge in [-0.1, -0.05) is 13.8 Å². The summed E-state index contributed by atoms with van der Waals surface area (Å²) in [4.78, 5) is 0. The Morgan fingerprint density at radius 2 is 1.88 bits per heavy atom. The van der Waals surface area contributed by atoms with Crippen LogP contribution in [0.15, 0.2) is 0 Å². The van der Waals surface area contributed by atoms with E-state index in [4.69, 9.17) is 5.73 Å². The van der Waals surface area contributed by atoms with Crippen LogP contribution >= 0.6 is 0 Å². The van der Waals surface area contributed by atoms with E-state index in [-0.39, 0.29) is 6.04 Å². The predicted molar refractivity (Wildman–Crippen MR) is 67.4 cm³/mol. The Balaban J connectivity index is 4.72. The first-order valence-electron chi connectivity index (χ1n) is 5.84. The first-order valence-corrected chi connectivity index (χ1v) is 7.24. The van der Waals surface area contributed by atoms with Gasteiger partial charge in [-0.2, -0.15) is 17.0 Å². The molecule has 0 bridgehead atoms. The summed E-state index contributed by atoms with van der Waals surface area (Å²) in [7, 11) is -1.72. The van der Waals surface area contributed by atoms with E-state index in [2.05, 4.69) is 0 Å². The number of nitrogens with zero attached hydrogens (tertiary/aromatic N) is 2. The maximum absolute atomic E-state index is 12.2. The minimum atomic E-state index is -3.32. The molecular formula is C10H25N3O2S. The Kier molecular flexibility index (Phi) is 7.14. The van der Waals surface area contributed by atoms with Gasteiger partial charge in [-0.3, -0.25) is 0 Å². The fourth-order valence-electron chi connectivity index (χ4n) is 1.51. The highest BCUT2D eigenvalue weighted by Crippen LogP contribution is 2.13. The summed E-state index contributed by atoms with van der Waals surface area (Å²) in [6.45, 7) is 7.27. The minimum Gasteiger partial charge on any atom is -0.330 e. The highest BCUT2D eigenvalue weighted by atomic mass is 32.2. The molecule has 2 N–H and O–H groups in total. The summed E-state index contributed by atoms with van der Waals surface area (Å²) in [6, 6.07) is 0.0373. The highest BCUT2D eigenvalue weighted by molar-refractivity contribution is 7.86. The lowest BCUT2D eigenvalue weighted by molar-refractivity contribution is 0.309. The Hall–Kier alpha value is -0.170. The van der Waals surface area contributed by atoms with Crippen LogP contribution in [0.25, 0.3) is 0 Å². The van der Waals surface area contributed by atoms with Gasteiger partial charge in [0.05, 0.1) is 0 Å². The summed E-state index contributed by atoms with van der Waals surface area (Å²) in [5.41, 5.74) is 5.38. The molecule has 0 spiro atoms. The molecule has 0 saturated heterocycles. The number of hydrogen-bond acceptors (Lipinski definition) is 3. The van der Waals surface area contributed by atoms with Crippen molar-refractivity contribution < 1.29 is 8.42 Å². The quantitative estimate of drug-likeness (QED) is 0.688. The van der Waals surface area contributed by atoms with E-state index >= 15 is 0 Å². The van der Waals surface area contributed by atoms with Crippen LogP contribution in [0.4, 0.5) is 0 Å². The van der Waals surface area contributed by atoms with Crippen LogP contribution in [0.1, 0.15) is 33.6 Å². The molecule has 5 nitrogen and oxygen atoms in total. The summed E-state index contributed by atoms with van der Waals surface area (Å²) in [5.74, 6) is 0. The van der Waals surface area contributed by atoms with E-state index in [0.29, 0.717) is 26.1 Å². The third-order valence-corrected chi connectivity index (χ3v) is 4.94. The van der Waals surface area contributed by atoms with Gasteiger partial charge >= 0.3 is 0 Å². The minimum absolute atomic E-state index is 0.0373. The van der Waals surface area contributed by atoms with Gasteiger partial charge in [0, 0.05) is 26.2 Å². The summed E-state index contributed by atoms with van der Waals surface area (Å²) >= 11 is 0. The predicted octanol–water partition coefficient (Wildman–Crippen LogP) is 0.632. The number of rotatable bonds is 8. The van der Waals surface area contributed by atoms with Gasteiger partial charge in [0.2, 0.25) is 0 Å². The zero-order chi connectivity index (χ0) is 12.8. The van der Waals surface area contributed by atoms with Crippen molar-refractivity contribution in [3.8, 4) is 0 Å². The number of nitrogens with two attached hydrogens (primary N) is 1. The first kappa shape index (κ1) is 15.8. The molecule has 6 heteroatoms. The van der Waals surface area contributed by atoms with Crippen LogP contribution in [0.5, 0.6) is 0 Å². The van der Waals surface area contributed by atoms with E-state index in [9.17, 15) is 8.42 Å². The molecule has 0 aliphatic heterocycles. The Bertz CT molecular complexity index is 280. The van der Waals surface area contributed by atoms with Crippen molar-refractivity contribution >= 4 is 10.2 Å². The first-order chi connectivity index (χ1) is 7.41. The van der Waals surface area contributed by atoms with Crippen molar-refractivity contribution in [2.24, 2.45) is 5.73 Å². The van der Waals surface area contributed by atoms with Crippen molar-refractivity contribution in [2.45, 2.75) is 39.7 Å². The molecule has 0 aliphatic rings. The molecule has 0 saturated carbocycles. The second-order valence-corrected chi connectivity index (χ2v) is 5.92. The summed E-state index contributed by atoms with van der Waals surface area (Å²) in [6.07, 6.45) is 1.51. The van der Waals surface area contributed by atoms with Crippen molar-refractivity contribution in [3.63, 3.8) is 0 Å². The molecule has 0 aromatic heterocycles. The van der Waals surface area contributed by atoms with Crippen LogP contribution in [0.2, 0.25) is 0 Å². The molecule has 0 aliphatic carbocycles. The molecule has 0 radical (unpaired) electrons. The Morgan fingerprint density at radius 3 is 2.25 bits per heavy atom. The molecule has 98 valence electrons. The molecule has 1 unspecified atom stereocenters. The molecule has 0 aromatic rings. The van der Waals surface area contributed by atoms with E-state index in [1.165, 1.54) is 8.61 Å². The van der Waals surface area contributed by atoms with Gasteiger partial charge in [-0.05, 0) is 26.3 Å². The van der Waals surface area contributed by atoms with E-state index < -0.39 is 10.2 Å². The monoisotopic (exact) mass is 251 g/mol. The van der Waals surface area contributed by atoms with Crippen molar-refractivity contribution in [2.75, 3.05) is 26.7 Å². The lowest BCUT2D eigenvalue weighted by Gasteiger charge is -2.30. The maximum atomic E-state index is 12.2. The van der Waals surface area contributed by atoms with Gasteiger partial charge < -0.3 is 5.73 Å². The lowest BCUT2D eigenvalue weighted by Crippen LogP contribution is -2.46. The van der Waals surface area contributed by atoms with Crippen LogP contribution in [-0.4, -0.2) is 49.8 Å². The second kappa shape index (κ2) is 7.21. The zero-order valence-corrected chi connectivity index (χ0v) is 11.6. The average molecular weight is 251 g/mol. The van der Waals surface area contributed by atoms with Gasteiger partial charge in [0.15, 0.2) is 0 Å². The van der Waals surface area contributed by atoms with Gasteiger partial charge in [0.1, 0.15) is 0 Å². The van der Waals surface area contributed by atoms with Crippen LogP contribution in [-0.2, 0) is 10.2 Å². The average Bonchev–Trinajstić information content (AvgIpc) is 2.25. The van der Waals surface area contributed by atoms with Gasteiger partial charge in [0.25, 0.3) is 10.2 Å². The van der Waals surface area contributed by atoms with E-state index in [0.717, 1.165) is 6.42 Å². The summed E-state index contributed by atoms with van der Waals surface area (Å²) in [5, 5.41) is 0. The number of hydrogen-bond donors (Lipinski definition) is 1. The second-order valence-electron chi connectivity index (χ2n) is 3.93. The van der Waals surface area contributed by atoms with Crippen LogP contribution in [0, 0.1) is 0 Å². The third kappa shape index (κ3) is 4.01. The fourth-order valence-corrected chi connectivity index (χ4v) is 3.16. The molecule has 1 atom stereocenters. The van der Waals surface area contributed by atoms with Crippen molar-refractivity contribution in [1.82, 2.24) is 8.61 Å². The molecular weight excluding hydrogens is 226 g/mol. The zero-order valence-electron chi connectivity index (χ0n) is 10.8. The summed E-state index contributed by atoms with van der Waals surface area (Å²) < 4.78 is 27.3. The SMILES string of the molecule is CCC(C)N(CC)S(=O)(=O)N(C)CCCN. The Labute approximate surface area is 99.8 Å². The Morgan fingerprint density at radius 1 is 1.31 bits per heavy atom. The topological polar surface area (TPSA) is 66.6 Å². The molecule has 0 amide bonds. The smallest absolute Gasteiger partial charge is 0.281 e. The van der Waals surface area contributed by atoms with Gasteiger partial charge in [-0.15, -0.1) is 0 Å². The third-order valence-electron chi connectivity index (χ3n) is 2.76. The van der Waals surface area contributed by atoms with Crippen molar-refractivity contribution in [3.05, 3.63) is 0 Å². The van der Waals surface area contributed by atoms with Gasteiger partial charge in [-0.25, -0.2) is 0 Å². The fraction of sp³-hybridized carbons (Fsp3) is 1.00. The largest absolute Gasteiger partial charge is 0.330 e. The van der Waals surface area contributed by atoms with E-state index in [1.807, 2.05) is 20.8 Å². The normalized spacial score (nSPS) is 14.7. The maximum Gasteiger partial charge on any atom is 0.281 e. The standard InChI is InChI=1S/C10H25N3O2S/c1-5-10(3)13(6-2)16(14,15)12(4)9-7-8-11/h10H,5-9,11H2,1-4H3. The molecule has 16 heavy (non-hydrogen) atoms. The lowest BCUT2D eigenvalue weighted by atomic mass is 10.3. The van der Waals surface area contributed by atoms with Crippen LogP contribution < -0.4 is 5.73 Å². The molecule has 0 heterocycles. The van der Waals surface area contributed by atoms with Crippen molar-refractivity contribution in [1.29, 1.82) is 0 Å². The molecule has 0 aromatic carbocycles. The molecule has 0 rings (SSSR count). The highest BCUT2D eigenvalue weighted by Gasteiger charge is 2.28.